The fraction of sp³-hybridized carbons (Fsp3) is 0.548. The highest BCUT2D eigenvalue weighted by Gasteiger charge is 2.51. The van der Waals surface area contributed by atoms with Crippen molar-refractivity contribution in [2.24, 2.45) is 5.41 Å². The van der Waals surface area contributed by atoms with Crippen LogP contribution in [0.3, 0.4) is 0 Å². The highest BCUT2D eigenvalue weighted by molar-refractivity contribution is 6.62. The Bertz CT molecular complexity index is 1090. The Morgan fingerprint density at radius 2 is 1.35 bits per heavy atom. The van der Waals surface area contributed by atoms with Gasteiger partial charge < -0.3 is 14.6 Å². The molecule has 1 aliphatic rings. The van der Waals surface area contributed by atoms with Crippen LogP contribution in [0.15, 0.2) is 48.5 Å². The molecule has 0 unspecified atom stereocenters. The number of Topliss-reactive ketones (excluding diaryl/α,β-unsaturated/α-hetero) is 1. The van der Waals surface area contributed by atoms with Gasteiger partial charge in [0, 0.05) is 12.0 Å². The number of carbonyl (C=O) groups excluding carboxylic acids is 2. The molecule has 0 bridgehead atoms. The van der Waals surface area contributed by atoms with E-state index in [1.165, 1.54) is 0 Å². The lowest BCUT2D eigenvalue weighted by atomic mass is 9.78. The maximum absolute atomic E-state index is 13.3. The molecule has 0 saturated carbocycles. The summed E-state index contributed by atoms with van der Waals surface area (Å²) < 4.78 is 12.3. The van der Waals surface area contributed by atoms with Crippen molar-refractivity contribution >= 4 is 24.3 Å². The smallest absolute Gasteiger partial charge is 0.399 e. The molecule has 0 aliphatic carbocycles. The van der Waals surface area contributed by atoms with E-state index in [9.17, 15) is 9.59 Å². The predicted molar refractivity (Wildman–Crippen MR) is 151 cm³/mol. The minimum Gasteiger partial charge on any atom is -0.399 e. The van der Waals surface area contributed by atoms with E-state index in [2.05, 4.69) is 26.1 Å². The van der Waals surface area contributed by atoms with Crippen molar-refractivity contribution in [1.82, 2.24) is 5.32 Å². The van der Waals surface area contributed by atoms with Crippen LogP contribution in [0.25, 0.3) is 0 Å². The summed E-state index contributed by atoms with van der Waals surface area (Å²) in [6, 6.07) is 15.0. The third-order valence-corrected chi connectivity index (χ3v) is 7.36. The van der Waals surface area contributed by atoms with E-state index in [-0.39, 0.29) is 22.5 Å². The van der Waals surface area contributed by atoms with E-state index < -0.39 is 24.4 Å². The van der Waals surface area contributed by atoms with Gasteiger partial charge in [-0.05, 0) is 73.7 Å². The first-order chi connectivity index (χ1) is 16.9. The molecule has 1 amide bonds. The minimum atomic E-state index is -0.614. The number of ketones is 1. The topological polar surface area (TPSA) is 64.6 Å². The Balaban J connectivity index is 1.76. The molecule has 1 N–H and O–H groups in total. The lowest BCUT2D eigenvalue weighted by Gasteiger charge is -2.32. The molecule has 2 aromatic carbocycles. The summed E-state index contributed by atoms with van der Waals surface area (Å²) in [4.78, 5) is 26.4. The summed E-state index contributed by atoms with van der Waals surface area (Å²) in [6.07, 6.45) is 0.803. The lowest BCUT2D eigenvalue weighted by Crippen LogP contribution is -2.43. The zero-order valence-corrected chi connectivity index (χ0v) is 24.3. The normalized spacial score (nSPS) is 17.9. The van der Waals surface area contributed by atoms with Crippen LogP contribution in [0.4, 0.5) is 0 Å². The van der Waals surface area contributed by atoms with Crippen LogP contribution in [0, 0.1) is 5.41 Å². The molecular formula is C31H44BNO4. The number of carbonyl (C=O) groups is 2. The van der Waals surface area contributed by atoms with Gasteiger partial charge in [0.2, 0.25) is 0 Å². The van der Waals surface area contributed by atoms with Crippen LogP contribution in [0.1, 0.15) is 97.1 Å². The summed E-state index contributed by atoms with van der Waals surface area (Å²) in [5.74, 6) is -0.205. The number of amides is 1. The number of nitrogens with one attached hydrogen (secondary N) is 1. The van der Waals surface area contributed by atoms with Crippen molar-refractivity contribution in [2.45, 2.75) is 105 Å². The van der Waals surface area contributed by atoms with E-state index in [0.29, 0.717) is 18.4 Å². The van der Waals surface area contributed by atoms with Crippen molar-refractivity contribution in [3.8, 4) is 0 Å². The van der Waals surface area contributed by atoms with E-state index in [1.54, 1.807) is 0 Å². The van der Waals surface area contributed by atoms with E-state index in [1.807, 2.05) is 97.0 Å². The quantitative estimate of drug-likeness (QED) is 0.496. The van der Waals surface area contributed by atoms with Gasteiger partial charge in [-0.3, -0.25) is 9.59 Å². The third-order valence-electron chi connectivity index (χ3n) is 7.36. The van der Waals surface area contributed by atoms with Gasteiger partial charge >= 0.3 is 7.12 Å². The maximum Gasteiger partial charge on any atom is 0.494 e. The Kier molecular flexibility index (Phi) is 8.17. The summed E-state index contributed by atoms with van der Waals surface area (Å²) >= 11 is 0. The monoisotopic (exact) mass is 505 g/mol. The van der Waals surface area contributed by atoms with Crippen molar-refractivity contribution in [2.75, 3.05) is 0 Å². The standard InChI is InChI=1S/C31H44BNO4/c1-28(2,3)20-26(34)25(33-27(35)22-13-15-23(16-14-22)29(4,5)6)19-21-11-17-24(18-12-21)32-36-30(7,8)31(9,10)37-32/h11-18,25H,19-20H2,1-10H3,(H,33,35)/t25-/m0/s1. The third kappa shape index (κ3) is 7.33. The molecule has 0 radical (unpaired) electrons. The molecule has 1 fully saturated rings. The molecular weight excluding hydrogens is 461 g/mol. The Labute approximate surface area is 223 Å². The van der Waals surface area contributed by atoms with Gasteiger partial charge in [-0.15, -0.1) is 0 Å². The van der Waals surface area contributed by atoms with Crippen LogP contribution in [-0.4, -0.2) is 36.1 Å². The number of rotatable bonds is 7. The first-order valence-corrected chi connectivity index (χ1v) is 13.3. The average molecular weight is 506 g/mol. The molecule has 2 aromatic rings. The molecule has 1 heterocycles. The summed E-state index contributed by atoms with van der Waals surface area (Å²) in [5, 5.41) is 3.02. The number of hydrogen-bond acceptors (Lipinski definition) is 4. The average Bonchev–Trinajstić information content (AvgIpc) is 2.99. The highest BCUT2D eigenvalue weighted by Crippen LogP contribution is 2.36. The Hall–Kier alpha value is -2.44. The highest BCUT2D eigenvalue weighted by atomic mass is 16.7. The minimum absolute atomic E-state index is 0.00641. The molecule has 1 aliphatic heterocycles. The first-order valence-electron chi connectivity index (χ1n) is 13.3. The second kappa shape index (κ2) is 10.4. The van der Waals surface area contributed by atoms with Gasteiger partial charge in [0.1, 0.15) is 0 Å². The predicted octanol–water partition coefficient (Wildman–Crippen LogP) is 5.63. The molecule has 37 heavy (non-hydrogen) atoms. The largest absolute Gasteiger partial charge is 0.494 e. The number of benzene rings is 2. The van der Waals surface area contributed by atoms with Crippen molar-refractivity contribution in [3.05, 3.63) is 65.2 Å². The number of hydrogen-bond donors (Lipinski definition) is 1. The SMILES string of the molecule is CC(C)(C)CC(=O)[C@H](Cc1ccc(B2OC(C)(C)C(C)(C)O2)cc1)NC(=O)c1ccc(C(C)(C)C)cc1. The molecule has 0 spiro atoms. The van der Waals surface area contributed by atoms with E-state index in [4.69, 9.17) is 9.31 Å². The van der Waals surface area contributed by atoms with Crippen LogP contribution in [0.5, 0.6) is 0 Å². The molecule has 3 rings (SSSR count). The summed E-state index contributed by atoms with van der Waals surface area (Å²) in [6.45, 7) is 20.7. The summed E-state index contributed by atoms with van der Waals surface area (Å²) in [7, 11) is -0.437. The van der Waals surface area contributed by atoms with Crippen molar-refractivity contribution in [3.63, 3.8) is 0 Å². The van der Waals surface area contributed by atoms with Gasteiger partial charge in [0.15, 0.2) is 5.78 Å². The molecule has 6 heteroatoms. The van der Waals surface area contributed by atoms with Crippen LogP contribution < -0.4 is 10.8 Å². The van der Waals surface area contributed by atoms with Crippen LogP contribution in [-0.2, 0) is 25.9 Å². The zero-order chi connectivity index (χ0) is 27.8. The fourth-order valence-corrected chi connectivity index (χ4v) is 4.28. The van der Waals surface area contributed by atoms with E-state index in [0.717, 1.165) is 16.6 Å². The van der Waals surface area contributed by atoms with Crippen LogP contribution in [0.2, 0.25) is 0 Å². The maximum atomic E-state index is 13.3. The van der Waals surface area contributed by atoms with Gasteiger partial charge in [0.25, 0.3) is 5.91 Å². The van der Waals surface area contributed by atoms with Crippen molar-refractivity contribution < 1.29 is 18.9 Å². The summed E-state index contributed by atoms with van der Waals surface area (Å²) in [5.41, 5.74) is 2.64. The second-order valence-electron chi connectivity index (χ2n) is 13.6. The first kappa shape index (κ1) is 29.1. The van der Waals surface area contributed by atoms with Gasteiger partial charge in [-0.2, -0.15) is 0 Å². The second-order valence-corrected chi connectivity index (χ2v) is 13.6. The Morgan fingerprint density at radius 3 is 1.81 bits per heavy atom. The Morgan fingerprint density at radius 1 is 0.838 bits per heavy atom. The molecule has 0 aromatic heterocycles. The van der Waals surface area contributed by atoms with Crippen LogP contribution >= 0.6 is 0 Å². The molecule has 200 valence electrons. The van der Waals surface area contributed by atoms with Gasteiger partial charge in [-0.1, -0.05) is 77.9 Å². The molecule has 5 nitrogen and oxygen atoms in total. The molecule has 1 saturated heterocycles. The van der Waals surface area contributed by atoms with Gasteiger partial charge in [-0.25, -0.2) is 0 Å². The van der Waals surface area contributed by atoms with Crippen molar-refractivity contribution in [1.29, 1.82) is 0 Å². The molecule has 1 atom stereocenters. The fourth-order valence-electron chi connectivity index (χ4n) is 4.28. The van der Waals surface area contributed by atoms with Gasteiger partial charge in [0.05, 0.1) is 17.2 Å². The zero-order valence-electron chi connectivity index (χ0n) is 24.3. The lowest BCUT2D eigenvalue weighted by molar-refractivity contribution is -0.122. The van der Waals surface area contributed by atoms with E-state index >= 15 is 0 Å².